The molecule has 1 aromatic carbocycles. The first-order chi connectivity index (χ1) is 10.4. The highest BCUT2D eigenvalue weighted by Crippen LogP contribution is 2.23. The maximum atomic E-state index is 11.8. The predicted molar refractivity (Wildman–Crippen MR) is 85.4 cm³/mol. The third kappa shape index (κ3) is 3.75. The molecule has 0 saturated heterocycles. The van der Waals surface area contributed by atoms with Crippen molar-refractivity contribution in [1.29, 1.82) is 0 Å². The van der Waals surface area contributed by atoms with E-state index in [1.807, 2.05) is 30.3 Å². The Bertz CT molecular complexity index is 634. The van der Waals surface area contributed by atoms with Gasteiger partial charge in [-0.2, -0.15) is 0 Å². The molecule has 1 aromatic heterocycles. The van der Waals surface area contributed by atoms with Crippen LogP contribution in [-0.4, -0.2) is 23.2 Å². The number of benzene rings is 1. The number of aromatic nitrogens is 1. The molecule has 116 valence electrons. The highest BCUT2D eigenvalue weighted by atomic mass is 16.6. The van der Waals surface area contributed by atoms with Crippen molar-refractivity contribution in [3.63, 3.8) is 0 Å². The molecular weight excluding hydrogens is 280 g/mol. The summed E-state index contributed by atoms with van der Waals surface area (Å²) in [5, 5.41) is 0. The highest BCUT2D eigenvalue weighted by Gasteiger charge is 2.32. The quantitative estimate of drug-likeness (QED) is 0.678. The van der Waals surface area contributed by atoms with E-state index in [2.05, 4.69) is 4.98 Å². The van der Waals surface area contributed by atoms with Crippen molar-refractivity contribution in [3.05, 3.63) is 42.6 Å². The SMILES string of the molecule is CCOC(=O)C(C)(C)Oc1ccc(-c2ccc(N)cc2)cn1. The fourth-order valence-corrected chi connectivity index (χ4v) is 1.89. The summed E-state index contributed by atoms with van der Waals surface area (Å²) in [4.78, 5) is 16.0. The summed E-state index contributed by atoms with van der Waals surface area (Å²) in [6, 6.07) is 11.1. The van der Waals surface area contributed by atoms with Crippen LogP contribution < -0.4 is 10.5 Å². The molecule has 0 atom stereocenters. The van der Waals surface area contributed by atoms with Gasteiger partial charge in [-0.1, -0.05) is 12.1 Å². The lowest BCUT2D eigenvalue weighted by Crippen LogP contribution is -2.39. The molecule has 0 amide bonds. The molecule has 0 saturated carbocycles. The number of rotatable bonds is 5. The molecule has 2 N–H and O–H groups in total. The first-order valence-corrected chi connectivity index (χ1v) is 7.10. The van der Waals surface area contributed by atoms with Gasteiger partial charge in [0.05, 0.1) is 6.61 Å². The Morgan fingerprint density at radius 3 is 2.32 bits per heavy atom. The minimum absolute atomic E-state index is 0.315. The number of carbonyl (C=O) groups excluding carboxylic acids is 1. The van der Waals surface area contributed by atoms with Crippen LogP contribution in [0.1, 0.15) is 20.8 Å². The standard InChI is InChI=1S/C17H20N2O3/c1-4-21-16(20)17(2,3)22-15-10-7-13(11-19-15)12-5-8-14(18)9-6-12/h5-11H,4,18H2,1-3H3. The van der Waals surface area contributed by atoms with E-state index >= 15 is 0 Å². The first kappa shape index (κ1) is 15.8. The third-order valence-electron chi connectivity index (χ3n) is 3.11. The van der Waals surface area contributed by atoms with Crippen molar-refractivity contribution >= 4 is 11.7 Å². The predicted octanol–water partition coefficient (Wildman–Crippen LogP) is 3.05. The number of hydrogen-bond donors (Lipinski definition) is 1. The minimum atomic E-state index is -1.08. The van der Waals surface area contributed by atoms with E-state index in [9.17, 15) is 4.79 Å². The molecule has 1 heterocycles. The lowest BCUT2D eigenvalue weighted by atomic mass is 10.1. The van der Waals surface area contributed by atoms with Crippen LogP contribution in [0.2, 0.25) is 0 Å². The molecule has 22 heavy (non-hydrogen) atoms. The summed E-state index contributed by atoms with van der Waals surface area (Å²) in [6.45, 7) is 5.38. The van der Waals surface area contributed by atoms with Crippen LogP contribution >= 0.6 is 0 Å². The molecule has 0 unspecified atom stereocenters. The molecular formula is C17H20N2O3. The van der Waals surface area contributed by atoms with Crippen molar-refractivity contribution < 1.29 is 14.3 Å². The molecule has 2 aromatic rings. The Morgan fingerprint density at radius 2 is 1.77 bits per heavy atom. The molecule has 2 rings (SSSR count). The van der Waals surface area contributed by atoms with Crippen molar-refractivity contribution in [3.8, 4) is 17.0 Å². The van der Waals surface area contributed by atoms with Crippen LogP contribution in [0.5, 0.6) is 5.88 Å². The molecule has 5 nitrogen and oxygen atoms in total. The summed E-state index contributed by atoms with van der Waals surface area (Å²) in [7, 11) is 0. The van der Waals surface area contributed by atoms with Gasteiger partial charge in [-0.15, -0.1) is 0 Å². The van der Waals surface area contributed by atoms with Gasteiger partial charge in [0.2, 0.25) is 11.5 Å². The second-order valence-electron chi connectivity index (χ2n) is 5.34. The van der Waals surface area contributed by atoms with Gasteiger partial charge in [-0.3, -0.25) is 0 Å². The normalized spacial score (nSPS) is 11.0. The Balaban J connectivity index is 2.12. The van der Waals surface area contributed by atoms with Gasteiger partial charge in [0.25, 0.3) is 0 Å². The summed E-state index contributed by atoms with van der Waals surface area (Å²) < 4.78 is 10.6. The van der Waals surface area contributed by atoms with E-state index in [1.54, 1.807) is 33.0 Å². The van der Waals surface area contributed by atoms with Crippen LogP contribution in [0.3, 0.4) is 0 Å². The zero-order valence-electron chi connectivity index (χ0n) is 13.0. The Kier molecular flexibility index (Phi) is 4.65. The van der Waals surface area contributed by atoms with Gasteiger partial charge >= 0.3 is 5.97 Å². The maximum Gasteiger partial charge on any atom is 0.349 e. The highest BCUT2D eigenvalue weighted by molar-refractivity contribution is 5.79. The van der Waals surface area contributed by atoms with E-state index in [0.717, 1.165) is 11.1 Å². The van der Waals surface area contributed by atoms with Crippen LogP contribution in [-0.2, 0) is 9.53 Å². The van der Waals surface area contributed by atoms with Gasteiger partial charge in [-0.05, 0) is 44.5 Å². The molecule has 0 fully saturated rings. The second-order valence-corrected chi connectivity index (χ2v) is 5.34. The summed E-state index contributed by atoms with van der Waals surface area (Å²) in [6.07, 6.45) is 1.70. The number of nitrogen functional groups attached to an aromatic ring is 1. The lowest BCUT2D eigenvalue weighted by Gasteiger charge is -2.23. The monoisotopic (exact) mass is 300 g/mol. The van der Waals surface area contributed by atoms with Crippen molar-refractivity contribution in [1.82, 2.24) is 4.98 Å². The average Bonchev–Trinajstić information content (AvgIpc) is 2.49. The minimum Gasteiger partial charge on any atom is -0.463 e. The number of nitrogens with two attached hydrogens (primary N) is 1. The number of ether oxygens (including phenoxy) is 2. The van der Waals surface area contributed by atoms with E-state index in [-0.39, 0.29) is 0 Å². The number of carbonyl (C=O) groups is 1. The first-order valence-electron chi connectivity index (χ1n) is 7.10. The molecule has 0 aliphatic heterocycles. The Morgan fingerprint density at radius 1 is 1.14 bits per heavy atom. The third-order valence-corrected chi connectivity index (χ3v) is 3.11. The van der Waals surface area contributed by atoms with Gasteiger partial charge in [-0.25, -0.2) is 9.78 Å². The molecule has 5 heteroatoms. The summed E-state index contributed by atoms with van der Waals surface area (Å²) in [5.74, 6) is -0.0448. The van der Waals surface area contributed by atoms with Crippen molar-refractivity contribution in [2.24, 2.45) is 0 Å². The van der Waals surface area contributed by atoms with E-state index in [0.29, 0.717) is 18.2 Å². The topological polar surface area (TPSA) is 74.4 Å². The smallest absolute Gasteiger partial charge is 0.349 e. The molecule has 0 bridgehead atoms. The van der Waals surface area contributed by atoms with Gasteiger partial charge < -0.3 is 15.2 Å². The Labute approximate surface area is 130 Å². The van der Waals surface area contributed by atoms with E-state index in [1.165, 1.54) is 0 Å². The number of nitrogens with zero attached hydrogens (tertiary/aromatic N) is 1. The second kappa shape index (κ2) is 6.47. The van der Waals surface area contributed by atoms with E-state index in [4.69, 9.17) is 15.2 Å². The van der Waals surface area contributed by atoms with Gasteiger partial charge in [0, 0.05) is 23.5 Å². The number of esters is 1. The average molecular weight is 300 g/mol. The largest absolute Gasteiger partial charge is 0.463 e. The van der Waals surface area contributed by atoms with Crippen LogP contribution in [0.25, 0.3) is 11.1 Å². The van der Waals surface area contributed by atoms with Crippen LogP contribution in [0.4, 0.5) is 5.69 Å². The van der Waals surface area contributed by atoms with Crippen molar-refractivity contribution in [2.75, 3.05) is 12.3 Å². The Hall–Kier alpha value is -2.56. The molecule has 0 spiro atoms. The molecule has 0 aliphatic carbocycles. The number of anilines is 1. The van der Waals surface area contributed by atoms with Gasteiger partial charge in [0.1, 0.15) is 0 Å². The van der Waals surface area contributed by atoms with Crippen LogP contribution in [0.15, 0.2) is 42.6 Å². The zero-order chi connectivity index (χ0) is 16.2. The number of hydrogen-bond acceptors (Lipinski definition) is 5. The summed E-state index contributed by atoms with van der Waals surface area (Å²) in [5.41, 5.74) is 7.27. The fourth-order valence-electron chi connectivity index (χ4n) is 1.89. The number of pyridine rings is 1. The van der Waals surface area contributed by atoms with Crippen LogP contribution in [0, 0.1) is 0 Å². The van der Waals surface area contributed by atoms with Crippen molar-refractivity contribution in [2.45, 2.75) is 26.4 Å². The molecule has 0 aliphatic rings. The maximum absolute atomic E-state index is 11.8. The lowest BCUT2D eigenvalue weighted by molar-refractivity contribution is -0.158. The fraction of sp³-hybridized carbons (Fsp3) is 0.294. The van der Waals surface area contributed by atoms with E-state index < -0.39 is 11.6 Å². The molecule has 0 radical (unpaired) electrons. The van der Waals surface area contributed by atoms with Gasteiger partial charge in [0.15, 0.2) is 0 Å². The zero-order valence-corrected chi connectivity index (χ0v) is 13.0. The summed E-state index contributed by atoms with van der Waals surface area (Å²) >= 11 is 0.